The van der Waals surface area contributed by atoms with Gasteiger partial charge in [-0.15, -0.1) is 0 Å². The second-order valence-electron chi connectivity index (χ2n) is 6.66. The Labute approximate surface area is 120 Å². The van der Waals surface area contributed by atoms with E-state index in [9.17, 15) is 9.59 Å². The molecule has 2 saturated carbocycles. The first-order valence-corrected chi connectivity index (χ1v) is 7.69. The molecule has 2 rings (SSSR count). The fraction of sp³-hybridized carbons (Fsp3) is 0.867. The van der Waals surface area contributed by atoms with Crippen LogP contribution in [-0.4, -0.2) is 40.6 Å². The van der Waals surface area contributed by atoms with Crippen molar-refractivity contribution >= 4 is 12.0 Å². The summed E-state index contributed by atoms with van der Waals surface area (Å²) in [7, 11) is 1.84. The fourth-order valence-electron chi connectivity index (χ4n) is 3.35. The van der Waals surface area contributed by atoms with Crippen LogP contribution in [-0.2, 0) is 4.79 Å². The van der Waals surface area contributed by atoms with E-state index in [0.717, 1.165) is 38.0 Å². The van der Waals surface area contributed by atoms with Crippen molar-refractivity contribution in [1.29, 1.82) is 0 Å². The molecular formula is C15H26N2O3. The van der Waals surface area contributed by atoms with Gasteiger partial charge in [-0.25, -0.2) is 4.79 Å². The summed E-state index contributed by atoms with van der Waals surface area (Å²) in [5.74, 6) is -0.0770. The highest BCUT2D eigenvalue weighted by atomic mass is 16.4. The maximum Gasteiger partial charge on any atom is 0.317 e. The predicted octanol–water partition coefficient (Wildman–Crippen LogP) is 2.60. The highest BCUT2D eigenvalue weighted by Gasteiger charge is 2.41. The molecule has 2 aliphatic carbocycles. The van der Waals surface area contributed by atoms with Gasteiger partial charge >= 0.3 is 12.0 Å². The van der Waals surface area contributed by atoms with Crippen LogP contribution < -0.4 is 5.32 Å². The minimum absolute atomic E-state index is 0.0360. The summed E-state index contributed by atoms with van der Waals surface area (Å²) in [4.78, 5) is 25.1. The highest BCUT2D eigenvalue weighted by molar-refractivity contribution is 5.77. The Kier molecular flexibility index (Phi) is 4.55. The van der Waals surface area contributed by atoms with Gasteiger partial charge in [0.25, 0.3) is 0 Å². The molecule has 0 heterocycles. The molecule has 114 valence electrons. The number of hydrogen-bond donors (Lipinski definition) is 2. The topological polar surface area (TPSA) is 69.6 Å². The van der Waals surface area contributed by atoms with Gasteiger partial charge in [-0.05, 0) is 50.9 Å². The number of urea groups is 1. The van der Waals surface area contributed by atoms with Crippen molar-refractivity contribution < 1.29 is 14.7 Å². The van der Waals surface area contributed by atoms with Crippen LogP contribution in [0.5, 0.6) is 0 Å². The molecule has 5 nitrogen and oxygen atoms in total. The Balaban J connectivity index is 1.88. The van der Waals surface area contributed by atoms with Crippen molar-refractivity contribution in [3.63, 3.8) is 0 Å². The average Bonchev–Trinajstić information content (AvgIpc) is 2.35. The van der Waals surface area contributed by atoms with E-state index in [1.807, 2.05) is 7.05 Å². The molecule has 2 fully saturated rings. The maximum atomic E-state index is 12.3. The zero-order valence-corrected chi connectivity index (χ0v) is 12.5. The summed E-state index contributed by atoms with van der Waals surface area (Å²) in [6.45, 7) is 2.26. The normalized spacial score (nSPS) is 28.3. The number of carbonyl (C=O) groups excluding carboxylic acids is 1. The first kappa shape index (κ1) is 15.1. The molecule has 0 aromatic rings. The average molecular weight is 282 g/mol. The maximum absolute atomic E-state index is 12.3. The summed E-state index contributed by atoms with van der Waals surface area (Å²) < 4.78 is 0. The van der Waals surface area contributed by atoms with Crippen molar-refractivity contribution in [3.8, 4) is 0 Å². The number of nitrogens with one attached hydrogen (secondary N) is 1. The van der Waals surface area contributed by atoms with Crippen molar-refractivity contribution in [2.24, 2.45) is 5.92 Å². The lowest BCUT2D eigenvalue weighted by molar-refractivity contribution is -0.139. The molecule has 0 spiro atoms. The van der Waals surface area contributed by atoms with E-state index >= 15 is 0 Å². The monoisotopic (exact) mass is 282 g/mol. The number of carboxylic acids is 1. The number of rotatable bonds is 4. The molecule has 2 aliphatic rings. The van der Waals surface area contributed by atoms with Crippen molar-refractivity contribution in [1.82, 2.24) is 10.2 Å². The Morgan fingerprint density at radius 1 is 1.25 bits per heavy atom. The summed E-state index contributed by atoms with van der Waals surface area (Å²) in [5.41, 5.74) is -0.501. The highest BCUT2D eigenvalue weighted by Crippen LogP contribution is 2.35. The van der Waals surface area contributed by atoms with E-state index in [2.05, 4.69) is 12.2 Å². The first-order valence-electron chi connectivity index (χ1n) is 7.69. The van der Waals surface area contributed by atoms with Gasteiger partial charge in [-0.1, -0.05) is 6.92 Å². The van der Waals surface area contributed by atoms with Crippen LogP contribution in [0.15, 0.2) is 0 Å². The molecule has 2 N–H and O–H groups in total. The van der Waals surface area contributed by atoms with Crippen LogP contribution in [0.25, 0.3) is 0 Å². The van der Waals surface area contributed by atoms with Crippen LogP contribution in [0.1, 0.15) is 58.3 Å². The molecule has 0 aromatic carbocycles. The number of hydrogen-bond acceptors (Lipinski definition) is 2. The molecule has 0 aliphatic heterocycles. The van der Waals surface area contributed by atoms with Crippen LogP contribution in [0.3, 0.4) is 0 Å². The molecule has 0 radical (unpaired) electrons. The minimum atomic E-state index is -0.834. The van der Waals surface area contributed by atoms with Crippen molar-refractivity contribution in [2.45, 2.75) is 69.9 Å². The summed E-state index contributed by atoms with van der Waals surface area (Å²) >= 11 is 0. The zero-order chi connectivity index (χ0) is 14.8. The molecule has 2 amide bonds. The van der Waals surface area contributed by atoms with Gasteiger partial charge in [0.1, 0.15) is 0 Å². The number of nitrogens with zero attached hydrogens (tertiary/aromatic N) is 1. The number of amides is 2. The first-order chi connectivity index (χ1) is 9.42. The Morgan fingerprint density at radius 3 is 2.30 bits per heavy atom. The van der Waals surface area contributed by atoms with E-state index in [-0.39, 0.29) is 12.5 Å². The summed E-state index contributed by atoms with van der Waals surface area (Å²) in [6.07, 6.45) is 7.03. The van der Waals surface area contributed by atoms with Gasteiger partial charge < -0.3 is 15.3 Å². The van der Waals surface area contributed by atoms with Crippen molar-refractivity contribution in [2.75, 3.05) is 7.05 Å². The van der Waals surface area contributed by atoms with Gasteiger partial charge in [0.05, 0.1) is 12.0 Å². The summed E-state index contributed by atoms with van der Waals surface area (Å²) in [5, 5.41) is 12.0. The van der Waals surface area contributed by atoms with Gasteiger partial charge in [0.15, 0.2) is 0 Å². The third-order valence-corrected chi connectivity index (χ3v) is 5.03. The van der Waals surface area contributed by atoms with Crippen molar-refractivity contribution in [3.05, 3.63) is 0 Å². The van der Waals surface area contributed by atoms with Gasteiger partial charge in [0, 0.05) is 13.1 Å². The second-order valence-corrected chi connectivity index (χ2v) is 6.66. The molecule has 0 unspecified atom stereocenters. The third-order valence-electron chi connectivity index (χ3n) is 5.03. The summed E-state index contributed by atoms with van der Waals surface area (Å²) in [6, 6.07) is 0.193. The predicted molar refractivity (Wildman–Crippen MR) is 76.5 cm³/mol. The Morgan fingerprint density at radius 2 is 1.85 bits per heavy atom. The van der Waals surface area contributed by atoms with Gasteiger partial charge in [-0.2, -0.15) is 0 Å². The third kappa shape index (κ3) is 3.44. The smallest absolute Gasteiger partial charge is 0.317 e. The van der Waals surface area contributed by atoms with Crippen LogP contribution in [0, 0.1) is 5.92 Å². The molecular weight excluding hydrogens is 256 g/mol. The molecule has 20 heavy (non-hydrogen) atoms. The quantitative estimate of drug-likeness (QED) is 0.832. The molecule has 0 aromatic heterocycles. The molecule has 0 atom stereocenters. The number of aliphatic carboxylic acids is 1. The van der Waals surface area contributed by atoms with Crippen LogP contribution >= 0.6 is 0 Å². The van der Waals surface area contributed by atoms with Crippen LogP contribution in [0.4, 0.5) is 4.79 Å². The van der Waals surface area contributed by atoms with Gasteiger partial charge in [0.2, 0.25) is 0 Å². The fourth-order valence-corrected chi connectivity index (χ4v) is 3.35. The lowest BCUT2D eigenvalue weighted by atomic mass is 9.74. The van der Waals surface area contributed by atoms with E-state index in [1.165, 1.54) is 12.8 Å². The minimum Gasteiger partial charge on any atom is -0.481 e. The number of carbonyl (C=O) groups is 2. The lowest BCUT2D eigenvalue weighted by Crippen LogP contribution is -2.58. The van der Waals surface area contributed by atoms with E-state index < -0.39 is 11.5 Å². The molecule has 5 heteroatoms. The molecule has 0 bridgehead atoms. The van der Waals surface area contributed by atoms with E-state index in [0.29, 0.717) is 6.04 Å². The van der Waals surface area contributed by atoms with Crippen LogP contribution in [0.2, 0.25) is 0 Å². The lowest BCUT2D eigenvalue weighted by Gasteiger charge is -2.43. The Bertz CT molecular complexity index is 371. The second kappa shape index (κ2) is 6.02. The SMILES string of the molecule is CC1CCC(N(C)C(=O)NC2(CC(=O)O)CCC2)CC1. The van der Waals surface area contributed by atoms with Gasteiger partial charge in [-0.3, -0.25) is 4.79 Å². The molecule has 0 saturated heterocycles. The standard InChI is InChI=1S/C15H26N2O3/c1-11-4-6-12(7-5-11)17(2)14(20)16-15(8-3-9-15)10-13(18)19/h11-12H,3-10H2,1-2H3,(H,16,20)(H,18,19). The number of carboxylic acid groups (broad SMARTS) is 1. The van der Waals surface area contributed by atoms with E-state index in [4.69, 9.17) is 5.11 Å². The Hall–Kier alpha value is -1.26. The zero-order valence-electron chi connectivity index (χ0n) is 12.5. The largest absolute Gasteiger partial charge is 0.481 e. The van der Waals surface area contributed by atoms with E-state index in [1.54, 1.807) is 4.90 Å².